The molecular weight excluding hydrogens is 487 g/mol. The number of hydrogen-bond donors (Lipinski definition) is 0. The lowest BCUT2D eigenvalue weighted by atomic mass is 9.48. The van der Waals surface area contributed by atoms with E-state index in [0.717, 1.165) is 21.9 Å². The molecule has 3 nitrogen and oxygen atoms in total. The predicted molar refractivity (Wildman–Crippen MR) is 168 cm³/mol. The van der Waals surface area contributed by atoms with Gasteiger partial charge >= 0.3 is 6.85 Å². The normalized spacial score (nSPS) is 12.9. The largest absolute Gasteiger partial charge is 0.456 e. The maximum absolute atomic E-state index is 6.47. The smallest absolute Gasteiger partial charge is 0.332 e. The minimum absolute atomic E-state index is 0.0158. The Labute approximate surface area is 229 Å². The van der Waals surface area contributed by atoms with Crippen molar-refractivity contribution >= 4 is 83.3 Å². The molecule has 6 aromatic carbocycles. The Morgan fingerprint density at radius 3 is 1.80 bits per heavy atom. The van der Waals surface area contributed by atoms with E-state index < -0.39 is 0 Å². The van der Waals surface area contributed by atoms with E-state index in [1.54, 1.807) is 0 Å². The predicted octanol–water partition coefficient (Wildman–Crippen LogP) is 7.76. The Morgan fingerprint density at radius 1 is 0.450 bits per heavy atom. The molecule has 0 fully saturated rings. The number of fused-ring (bicyclic) bond motifs is 11. The maximum atomic E-state index is 6.47. The lowest BCUT2D eigenvalue weighted by Gasteiger charge is -2.28. The van der Waals surface area contributed by atoms with Crippen molar-refractivity contribution in [3.8, 4) is 5.69 Å². The molecule has 0 unspecified atom stereocenters. The molecule has 3 aromatic heterocycles. The maximum Gasteiger partial charge on any atom is 0.332 e. The lowest BCUT2D eigenvalue weighted by Crippen LogP contribution is -2.53. The third-order valence-electron chi connectivity index (χ3n) is 8.96. The molecule has 10 rings (SSSR count). The summed E-state index contributed by atoms with van der Waals surface area (Å²) in [5, 5.41) is 7.44. The molecule has 184 valence electrons. The number of rotatable bonds is 1. The summed E-state index contributed by atoms with van der Waals surface area (Å²) >= 11 is 0. The van der Waals surface area contributed by atoms with Crippen LogP contribution >= 0.6 is 0 Å². The van der Waals surface area contributed by atoms with Crippen LogP contribution in [0.5, 0.6) is 0 Å². The highest BCUT2D eigenvalue weighted by molar-refractivity contribution is 6.88. The third kappa shape index (κ3) is 2.43. The molecular formula is C36H21BN2O. The van der Waals surface area contributed by atoms with Gasteiger partial charge in [0.2, 0.25) is 0 Å². The number of hydrogen-bond acceptors (Lipinski definition) is 1. The van der Waals surface area contributed by atoms with E-state index in [1.807, 2.05) is 6.07 Å². The van der Waals surface area contributed by atoms with E-state index in [2.05, 4.69) is 130 Å². The first-order valence-corrected chi connectivity index (χ1v) is 13.8. The topological polar surface area (TPSA) is 23.0 Å². The molecule has 0 spiro atoms. The van der Waals surface area contributed by atoms with Gasteiger partial charge in [-0.2, -0.15) is 0 Å². The van der Waals surface area contributed by atoms with Gasteiger partial charge in [0.05, 0.1) is 11.0 Å². The quantitative estimate of drug-likeness (QED) is 0.208. The van der Waals surface area contributed by atoms with Gasteiger partial charge in [0.25, 0.3) is 0 Å². The Morgan fingerprint density at radius 2 is 1.05 bits per heavy atom. The Hall–Kier alpha value is -5.22. The minimum Gasteiger partial charge on any atom is -0.456 e. The molecule has 0 radical (unpaired) electrons. The molecule has 4 heteroatoms. The van der Waals surface area contributed by atoms with Crippen LogP contribution in [0.4, 0.5) is 0 Å². The van der Waals surface area contributed by atoms with Crippen molar-refractivity contribution in [2.45, 2.75) is 0 Å². The third-order valence-corrected chi connectivity index (χ3v) is 8.96. The summed E-state index contributed by atoms with van der Waals surface area (Å²) in [4.78, 5) is 0. The van der Waals surface area contributed by atoms with Crippen LogP contribution in [0.15, 0.2) is 132 Å². The number of aromatic nitrogens is 2. The summed E-state index contributed by atoms with van der Waals surface area (Å²) in [5.74, 6) is 0. The van der Waals surface area contributed by atoms with Gasteiger partial charge in [0.15, 0.2) is 0 Å². The standard InChI is InChI=1S/C36H21BN2O/c1-5-16-30-24(12-1)26-14-9-15-28-36(26)38(30)33-20-27-25-13-4-8-19-34(25)40-35(27)21-29(33)37(28)39-31-17-6-2-10-22(31)23-11-3-7-18-32(23)39/h1-21H. The zero-order valence-corrected chi connectivity index (χ0v) is 21.5. The summed E-state index contributed by atoms with van der Waals surface area (Å²) in [7, 11) is 0. The zero-order valence-electron chi connectivity index (χ0n) is 21.5. The van der Waals surface area contributed by atoms with Crippen molar-refractivity contribution in [1.82, 2.24) is 9.05 Å². The van der Waals surface area contributed by atoms with E-state index in [9.17, 15) is 0 Å². The highest BCUT2D eigenvalue weighted by Gasteiger charge is 2.36. The summed E-state index contributed by atoms with van der Waals surface area (Å²) in [6.07, 6.45) is 0. The van der Waals surface area contributed by atoms with Crippen LogP contribution in [0.25, 0.3) is 71.2 Å². The van der Waals surface area contributed by atoms with Gasteiger partial charge in [-0.05, 0) is 47.3 Å². The summed E-state index contributed by atoms with van der Waals surface area (Å²) in [6.45, 7) is -0.0158. The molecule has 9 aromatic rings. The van der Waals surface area contributed by atoms with Crippen molar-refractivity contribution < 1.29 is 4.42 Å². The average Bonchev–Trinajstić information content (AvgIpc) is 3.65. The summed E-state index contributed by atoms with van der Waals surface area (Å²) in [6, 6.07) is 46.3. The van der Waals surface area contributed by atoms with E-state index in [1.165, 1.54) is 60.2 Å². The fourth-order valence-corrected chi connectivity index (χ4v) is 7.38. The van der Waals surface area contributed by atoms with Crippen LogP contribution in [0.1, 0.15) is 0 Å². The number of benzene rings is 6. The molecule has 0 aliphatic carbocycles. The molecule has 1 aliphatic rings. The molecule has 0 bridgehead atoms. The van der Waals surface area contributed by atoms with Crippen LogP contribution in [0.3, 0.4) is 0 Å². The van der Waals surface area contributed by atoms with Crippen molar-refractivity contribution in [1.29, 1.82) is 0 Å². The summed E-state index contributed by atoms with van der Waals surface area (Å²) in [5.41, 5.74) is 10.6. The Bertz CT molecular complexity index is 2460. The van der Waals surface area contributed by atoms with Gasteiger partial charge in [0, 0.05) is 49.0 Å². The monoisotopic (exact) mass is 508 g/mol. The SMILES string of the molecule is c1ccc2c(c1)oc1cc3c(cc12)-n1c2ccccc2c2cccc(c21)B3n1c2ccccc2c2ccccc21. The van der Waals surface area contributed by atoms with E-state index in [0.29, 0.717) is 0 Å². The van der Waals surface area contributed by atoms with Crippen molar-refractivity contribution in [2.24, 2.45) is 0 Å². The molecule has 40 heavy (non-hydrogen) atoms. The average molecular weight is 508 g/mol. The van der Waals surface area contributed by atoms with Gasteiger partial charge in [-0.15, -0.1) is 0 Å². The van der Waals surface area contributed by atoms with Gasteiger partial charge in [0.1, 0.15) is 11.2 Å². The molecule has 4 heterocycles. The van der Waals surface area contributed by atoms with E-state index >= 15 is 0 Å². The minimum atomic E-state index is -0.0158. The lowest BCUT2D eigenvalue weighted by molar-refractivity contribution is 0.669. The van der Waals surface area contributed by atoms with Gasteiger partial charge < -0.3 is 13.5 Å². The van der Waals surface area contributed by atoms with Crippen LogP contribution in [0.2, 0.25) is 0 Å². The second-order valence-corrected chi connectivity index (χ2v) is 10.9. The van der Waals surface area contributed by atoms with Crippen LogP contribution in [-0.2, 0) is 0 Å². The van der Waals surface area contributed by atoms with E-state index in [-0.39, 0.29) is 6.85 Å². The second kappa shape index (κ2) is 7.25. The first-order valence-electron chi connectivity index (χ1n) is 13.8. The number of furan rings is 1. The number of nitrogens with zero attached hydrogens (tertiary/aromatic N) is 2. The van der Waals surface area contributed by atoms with Crippen molar-refractivity contribution in [3.63, 3.8) is 0 Å². The molecule has 0 N–H and O–H groups in total. The van der Waals surface area contributed by atoms with E-state index in [4.69, 9.17) is 4.42 Å². The van der Waals surface area contributed by atoms with Crippen LogP contribution in [0, 0.1) is 0 Å². The molecule has 0 amide bonds. The van der Waals surface area contributed by atoms with Gasteiger partial charge in [-0.1, -0.05) is 91.0 Å². The second-order valence-electron chi connectivity index (χ2n) is 10.9. The molecule has 0 saturated carbocycles. The molecule has 1 aliphatic heterocycles. The Kier molecular flexibility index (Phi) is 3.75. The van der Waals surface area contributed by atoms with Crippen LogP contribution < -0.4 is 10.9 Å². The first-order chi connectivity index (χ1) is 19.9. The summed E-state index contributed by atoms with van der Waals surface area (Å²) < 4.78 is 11.5. The fraction of sp³-hybridized carbons (Fsp3) is 0. The molecule has 0 atom stereocenters. The first kappa shape index (κ1) is 20.7. The highest BCUT2D eigenvalue weighted by Crippen LogP contribution is 2.38. The van der Waals surface area contributed by atoms with Gasteiger partial charge in [-0.3, -0.25) is 0 Å². The Balaban J connectivity index is 1.45. The highest BCUT2D eigenvalue weighted by atomic mass is 16.3. The van der Waals surface area contributed by atoms with Crippen molar-refractivity contribution in [3.05, 3.63) is 127 Å². The van der Waals surface area contributed by atoms with Crippen molar-refractivity contribution in [2.75, 3.05) is 0 Å². The van der Waals surface area contributed by atoms with Crippen LogP contribution in [-0.4, -0.2) is 15.9 Å². The number of para-hydroxylation sites is 5. The zero-order chi connectivity index (χ0) is 25.9. The molecule has 0 saturated heterocycles. The van der Waals surface area contributed by atoms with Gasteiger partial charge in [-0.25, -0.2) is 0 Å². The fourth-order valence-electron chi connectivity index (χ4n) is 7.38.